The molecule has 0 atom stereocenters. The van der Waals surface area contributed by atoms with Crippen molar-refractivity contribution in [3.63, 3.8) is 0 Å². The van der Waals surface area contributed by atoms with Crippen LogP contribution in [-0.2, 0) is 0 Å². The predicted molar refractivity (Wildman–Crippen MR) is 140 cm³/mol. The monoisotopic (exact) mass is 437 g/mol. The summed E-state index contributed by atoms with van der Waals surface area (Å²) in [4.78, 5) is 12.7. The topological polar surface area (TPSA) is 35.1 Å². The van der Waals surface area contributed by atoms with E-state index in [4.69, 9.17) is 4.42 Å². The van der Waals surface area contributed by atoms with E-state index in [0.717, 1.165) is 32.9 Å². The van der Waals surface area contributed by atoms with Crippen LogP contribution >= 0.6 is 0 Å². The van der Waals surface area contributed by atoms with Crippen molar-refractivity contribution >= 4 is 43.5 Å². The molecule has 160 valence electrons. The van der Waals surface area contributed by atoms with Crippen LogP contribution in [0.1, 0.15) is 0 Å². The van der Waals surface area contributed by atoms with Crippen molar-refractivity contribution in [3.8, 4) is 16.8 Å². The largest absolute Gasteiger partial charge is 0.422 e. The van der Waals surface area contributed by atoms with Gasteiger partial charge in [0.25, 0.3) is 0 Å². The van der Waals surface area contributed by atoms with Gasteiger partial charge in [-0.25, -0.2) is 4.79 Å². The highest BCUT2D eigenvalue weighted by Gasteiger charge is 2.16. The van der Waals surface area contributed by atoms with Crippen LogP contribution in [0.4, 0.5) is 0 Å². The van der Waals surface area contributed by atoms with Crippen molar-refractivity contribution in [3.05, 3.63) is 126 Å². The van der Waals surface area contributed by atoms with E-state index in [1.54, 1.807) is 0 Å². The zero-order valence-corrected chi connectivity index (χ0v) is 18.2. The van der Waals surface area contributed by atoms with Gasteiger partial charge in [0.2, 0.25) is 0 Å². The van der Waals surface area contributed by atoms with E-state index in [1.807, 2.05) is 36.4 Å². The Hall–Kier alpha value is -4.63. The molecule has 7 rings (SSSR count). The number of para-hydroxylation sites is 1. The molecule has 3 heteroatoms. The van der Waals surface area contributed by atoms with Gasteiger partial charge in [0.1, 0.15) is 5.58 Å². The molecule has 0 N–H and O–H groups in total. The fraction of sp³-hybridized carbons (Fsp3) is 0. The van der Waals surface area contributed by atoms with E-state index >= 15 is 0 Å². The molecule has 0 saturated heterocycles. The van der Waals surface area contributed by atoms with Crippen molar-refractivity contribution in [2.45, 2.75) is 0 Å². The number of rotatable bonds is 2. The van der Waals surface area contributed by atoms with Crippen molar-refractivity contribution in [2.75, 3.05) is 0 Å². The maximum atomic E-state index is 12.7. The van der Waals surface area contributed by atoms with Gasteiger partial charge >= 0.3 is 5.63 Å². The van der Waals surface area contributed by atoms with Crippen LogP contribution in [0, 0.1) is 0 Å². The fourth-order valence-electron chi connectivity index (χ4n) is 5.05. The molecule has 5 aromatic carbocycles. The number of fused-ring (bicyclic) bond motifs is 6. The molecule has 0 fully saturated rings. The van der Waals surface area contributed by atoms with Gasteiger partial charge in [0.05, 0.1) is 16.4 Å². The number of nitrogens with zero attached hydrogens (tertiary/aromatic N) is 1. The minimum Gasteiger partial charge on any atom is -0.422 e. The van der Waals surface area contributed by atoms with Gasteiger partial charge in [-0.15, -0.1) is 0 Å². The average molecular weight is 437 g/mol. The van der Waals surface area contributed by atoms with Gasteiger partial charge in [0.15, 0.2) is 0 Å². The molecular formula is C31H19NO2. The molecule has 0 amide bonds. The lowest BCUT2D eigenvalue weighted by Gasteiger charge is -2.10. The standard InChI is InChI=1S/C31H19NO2/c33-31-25-12-5-4-10-23(25)27-18-26-24-11-6-7-13-28(24)32(29(26)19-30(27)34-31)22-16-14-21(15-17-22)20-8-2-1-3-9-20/h1-19H. The zero-order valence-electron chi connectivity index (χ0n) is 18.2. The van der Waals surface area contributed by atoms with Crippen LogP contribution in [0.15, 0.2) is 124 Å². The van der Waals surface area contributed by atoms with Gasteiger partial charge < -0.3 is 8.98 Å². The molecule has 0 spiro atoms. The summed E-state index contributed by atoms with van der Waals surface area (Å²) in [5.41, 5.74) is 5.85. The van der Waals surface area contributed by atoms with Crippen molar-refractivity contribution < 1.29 is 4.42 Å². The van der Waals surface area contributed by atoms with Crippen LogP contribution < -0.4 is 5.63 Å². The Labute approximate surface area is 195 Å². The second-order valence-electron chi connectivity index (χ2n) is 8.57. The Morgan fingerprint density at radius 1 is 0.500 bits per heavy atom. The number of hydrogen-bond donors (Lipinski definition) is 0. The molecule has 2 heterocycles. The molecule has 0 aliphatic carbocycles. The third-order valence-corrected chi connectivity index (χ3v) is 6.65. The van der Waals surface area contributed by atoms with E-state index < -0.39 is 0 Å². The van der Waals surface area contributed by atoms with E-state index in [9.17, 15) is 4.79 Å². The smallest absolute Gasteiger partial charge is 0.344 e. The Balaban J connectivity index is 1.54. The summed E-state index contributed by atoms with van der Waals surface area (Å²) < 4.78 is 8.02. The van der Waals surface area contributed by atoms with E-state index in [1.165, 1.54) is 16.5 Å². The van der Waals surface area contributed by atoms with E-state index in [0.29, 0.717) is 11.0 Å². The Morgan fingerprint density at radius 3 is 1.94 bits per heavy atom. The lowest BCUT2D eigenvalue weighted by molar-refractivity contribution is 0.570. The summed E-state index contributed by atoms with van der Waals surface area (Å²) in [6, 6.07) is 39.2. The summed E-state index contributed by atoms with van der Waals surface area (Å²) in [6.07, 6.45) is 0. The van der Waals surface area contributed by atoms with Crippen LogP contribution in [0.5, 0.6) is 0 Å². The minimum atomic E-state index is -0.308. The first-order chi connectivity index (χ1) is 16.8. The first-order valence-corrected chi connectivity index (χ1v) is 11.3. The summed E-state index contributed by atoms with van der Waals surface area (Å²) in [6.45, 7) is 0. The first-order valence-electron chi connectivity index (χ1n) is 11.3. The minimum absolute atomic E-state index is 0.308. The Bertz CT molecular complexity index is 1910. The quantitative estimate of drug-likeness (QED) is 0.205. The lowest BCUT2D eigenvalue weighted by Crippen LogP contribution is -1.99. The summed E-state index contributed by atoms with van der Waals surface area (Å²) in [5.74, 6) is 0. The normalized spacial score (nSPS) is 11.6. The second kappa shape index (κ2) is 7.19. The van der Waals surface area contributed by atoms with Gasteiger partial charge in [-0.2, -0.15) is 0 Å². The molecule has 0 unspecified atom stereocenters. The van der Waals surface area contributed by atoms with Gasteiger partial charge in [-0.1, -0.05) is 78.9 Å². The number of hydrogen-bond acceptors (Lipinski definition) is 2. The SMILES string of the molecule is O=c1oc2cc3c(cc2c2ccccc12)c1ccccc1n3-c1ccc(-c2ccccc2)cc1. The van der Waals surface area contributed by atoms with Crippen LogP contribution in [-0.4, -0.2) is 4.57 Å². The molecule has 0 aliphatic rings. The predicted octanol–water partition coefficient (Wildman–Crippen LogP) is 7.71. The molecule has 2 aromatic heterocycles. The summed E-state index contributed by atoms with van der Waals surface area (Å²) in [5, 5.41) is 4.77. The third kappa shape index (κ3) is 2.74. The highest BCUT2D eigenvalue weighted by Crippen LogP contribution is 2.36. The van der Waals surface area contributed by atoms with Gasteiger partial charge in [0, 0.05) is 27.9 Å². The highest BCUT2D eigenvalue weighted by molar-refractivity contribution is 6.16. The van der Waals surface area contributed by atoms with E-state index in [2.05, 4.69) is 83.4 Å². The Kier molecular flexibility index (Phi) is 4.00. The molecule has 34 heavy (non-hydrogen) atoms. The van der Waals surface area contributed by atoms with Crippen molar-refractivity contribution in [1.29, 1.82) is 0 Å². The number of aromatic nitrogens is 1. The van der Waals surface area contributed by atoms with Crippen LogP contribution in [0.2, 0.25) is 0 Å². The maximum absolute atomic E-state index is 12.7. The number of benzene rings is 5. The highest BCUT2D eigenvalue weighted by atomic mass is 16.4. The van der Waals surface area contributed by atoms with E-state index in [-0.39, 0.29) is 5.63 Å². The molecule has 0 radical (unpaired) electrons. The maximum Gasteiger partial charge on any atom is 0.344 e. The second-order valence-corrected chi connectivity index (χ2v) is 8.57. The molecule has 7 aromatic rings. The Morgan fingerprint density at radius 2 is 1.15 bits per heavy atom. The molecule has 0 saturated carbocycles. The van der Waals surface area contributed by atoms with Crippen LogP contribution in [0.3, 0.4) is 0 Å². The zero-order chi connectivity index (χ0) is 22.6. The van der Waals surface area contributed by atoms with Crippen molar-refractivity contribution in [1.82, 2.24) is 4.57 Å². The van der Waals surface area contributed by atoms with Gasteiger partial charge in [-0.05, 0) is 46.8 Å². The third-order valence-electron chi connectivity index (χ3n) is 6.65. The average Bonchev–Trinajstić information content (AvgIpc) is 3.22. The fourth-order valence-corrected chi connectivity index (χ4v) is 5.05. The summed E-state index contributed by atoms with van der Waals surface area (Å²) in [7, 11) is 0. The first kappa shape index (κ1) is 18.9. The van der Waals surface area contributed by atoms with Gasteiger partial charge in [-0.3, -0.25) is 0 Å². The molecule has 0 bridgehead atoms. The molecule has 3 nitrogen and oxygen atoms in total. The summed E-state index contributed by atoms with van der Waals surface area (Å²) >= 11 is 0. The lowest BCUT2D eigenvalue weighted by atomic mass is 10.0. The molecular weight excluding hydrogens is 418 g/mol. The van der Waals surface area contributed by atoms with Crippen molar-refractivity contribution in [2.24, 2.45) is 0 Å². The molecule has 0 aliphatic heterocycles. The van der Waals surface area contributed by atoms with Crippen LogP contribution in [0.25, 0.3) is 60.4 Å².